The fourth-order valence-electron chi connectivity index (χ4n) is 1.58. The summed E-state index contributed by atoms with van der Waals surface area (Å²) in [4.78, 5) is 8.01. The number of hydrogen-bond acceptors (Lipinski definition) is 2. The van der Waals surface area contributed by atoms with E-state index < -0.39 is 11.6 Å². The van der Waals surface area contributed by atoms with Crippen molar-refractivity contribution in [1.82, 2.24) is 9.97 Å². The molecule has 0 saturated heterocycles. The number of aromatic nitrogens is 2. The molecule has 0 atom stereocenters. The van der Waals surface area contributed by atoms with E-state index in [0.717, 1.165) is 0 Å². The molecule has 0 spiro atoms. The second-order valence-corrected chi connectivity index (χ2v) is 4.97. The van der Waals surface area contributed by atoms with Crippen LogP contribution < -0.4 is 0 Å². The van der Waals surface area contributed by atoms with Crippen LogP contribution in [0.3, 0.4) is 0 Å². The highest BCUT2D eigenvalue weighted by atomic mass is 79.9. The van der Waals surface area contributed by atoms with Crippen LogP contribution in [0.25, 0.3) is 11.3 Å². The van der Waals surface area contributed by atoms with Crippen molar-refractivity contribution in [1.29, 1.82) is 0 Å². The first kappa shape index (κ1) is 13.4. The van der Waals surface area contributed by atoms with Crippen LogP contribution in [0.4, 0.5) is 8.78 Å². The maximum atomic E-state index is 14.0. The van der Waals surface area contributed by atoms with Crippen molar-refractivity contribution in [3.63, 3.8) is 0 Å². The molecule has 94 valence electrons. The lowest BCUT2D eigenvalue weighted by molar-refractivity contribution is 0.584. The van der Waals surface area contributed by atoms with Crippen molar-refractivity contribution < 1.29 is 8.78 Å². The van der Waals surface area contributed by atoms with Crippen molar-refractivity contribution in [3.05, 3.63) is 44.8 Å². The van der Waals surface area contributed by atoms with Gasteiger partial charge in [-0.3, -0.25) is 0 Å². The number of rotatable bonds is 1. The molecule has 1 aromatic carbocycles. The zero-order valence-corrected chi connectivity index (χ0v) is 11.9. The molecule has 0 aliphatic heterocycles. The largest absolute Gasteiger partial charge is 0.233 e. The summed E-state index contributed by atoms with van der Waals surface area (Å²) in [6.07, 6.45) is 0. The average molecular weight is 334 g/mol. The van der Waals surface area contributed by atoms with E-state index in [9.17, 15) is 8.78 Å². The predicted octanol–water partition coefficient (Wildman–Crippen LogP) is 4.45. The Morgan fingerprint density at radius 1 is 1.17 bits per heavy atom. The third-order valence-electron chi connectivity index (χ3n) is 2.48. The van der Waals surface area contributed by atoms with Crippen LogP contribution in [0.5, 0.6) is 0 Å². The van der Waals surface area contributed by atoms with Gasteiger partial charge in [-0.05, 0) is 41.9 Å². The number of halogens is 4. The van der Waals surface area contributed by atoms with E-state index in [1.807, 2.05) is 0 Å². The topological polar surface area (TPSA) is 25.8 Å². The summed E-state index contributed by atoms with van der Waals surface area (Å²) < 4.78 is 28.0. The molecule has 2 rings (SSSR count). The summed E-state index contributed by atoms with van der Waals surface area (Å²) in [5.41, 5.74) is 0.413. The van der Waals surface area contributed by atoms with Crippen molar-refractivity contribution >= 4 is 27.5 Å². The Kier molecular flexibility index (Phi) is 3.64. The van der Waals surface area contributed by atoms with Crippen LogP contribution in [0.2, 0.25) is 5.15 Å². The molecule has 6 heteroatoms. The van der Waals surface area contributed by atoms with Gasteiger partial charge in [0.1, 0.15) is 22.6 Å². The Labute approximate surface area is 116 Å². The minimum Gasteiger partial charge on any atom is -0.233 e. The average Bonchev–Trinajstić information content (AvgIpc) is 2.30. The van der Waals surface area contributed by atoms with E-state index in [1.165, 1.54) is 12.1 Å². The van der Waals surface area contributed by atoms with Gasteiger partial charge in [0, 0.05) is 5.56 Å². The van der Waals surface area contributed by atoms with E-state index >= 15 is 0 Å². The van der Waals surface area contributed by atoms with Crippen LogP contribution >= 0.6 is 27.5 Å². The first-order valence-corrected chi connectivity index (χ1v) is 6.23. The van der Waals surface area contributed by atoms with Gasteiger partial charge in [0.2, 0.25) is 0 Å². The van der Waals surface area contributed by atoms with E-state index in [0.29, 0.717) is 11.4 Å². The highest BCUT2D eigenvalue weighted by molar-refractivity contribution is 9.10. The van der Waals surface area contributed by atoms with Gasteiger partial charge in [-0.15, -0.1) is 0 Å². The van der Waals surface area contributed by atoms with Crippen molar-refractivity contribution in [2.75, 3.05) is 0 Å². The lowest BCUT2D eigenvalue weighted by Crippen LogP contribution is -2.01. The molecule has 1 heterocycles. The van der Waals surface area contributed by atoms with Gasteiger partial charge in [-0.25, -0.2) is 18.7 Å². The molecular formula is C12H8BrClF2N2. The molecule has 0 bridgehead atoms. The molecular weight excluding hydrogens is 325 g/mol. The van der Waals surface area contributed by atoms with E-state index in [2.05, 4.69) is 25.9 Å². The zero-order chi connectivity index (χ0) is 13.4. The molecule has 2 aromatic rings. The van der Waals surface area contributed by atoms with E-state index in [1.54, 1.807) is 13.8 Å². The van der Waals surface area contributed by atoms with Gasteiger partial charge in [0.15, 0.2) is 0 Å². The Hall–Kier alpha value is -1.07. The standard InChI is InChI=1S/C12H8BrClF2N2/c1-5-11(17-6(2)18-12(5)14)9-8(15)4-3-7(13)10(9)16/h3-4H,1-2H3. The summed E-state index contributed by atoms with van der Waals surface area (Å²) in [5.74, 6) is -1.03. The van der Waals surface area contributed by atoms with Crippen molar-refractivity contribution in [2.24, 2.45) is 0 Å². The van der Waals surface area contributed by atoms with Crippen LogP contribution in [0, 0.1) is 25.5 Å². The molecule has 0 saturated carbocycles. The van der Waals surface area contributed by atoms with E-state index in [4.69, 9.17) is 11.6 Å². The van der Waals surface area contributed by atoms with Gasteiger partial charge >= 0.3 is 0 Å². The first-order chi connectivity index (χ1) is 8.41. The quantitative estimate of drug-likeness (QED) is 0.569. The number of benzene rings is 1. The Morgan fingerprint density at radius 2 is 1.83 bits per heavy atom. The highest BCUT2D eigenvalue weighted by Crippen LogP contribution is 2.33. The third kappa shape index (κ3) is 2.24. The van der Waals surface area contributed by atoms with Crippen molar-refractivity contribution in [2.45, 2.75) is 13.8 Å². The normalized spacial score (nSPS) is 10.8. The van der Waals surface area contributed by atoms with Gasteiger partial charge in [0.25, 0.3) is 0 Å². The summed E-state index contributed by atoms with van der Waals surface area (Å²) in [7, 11) is 0. The lowest BCUT2D eigenvalue weighted by atomic mass is 10.1. The molecule has 0 aliphatic carbocycles. The summed E-state index contributed by atoms with van der Waals surface area (Å²) in [6.45, 7) is 3.24. The maximum absolute atomic E-state index is 14.0. The minimum absolute atomic E-state index is 0.170. The molecule has 0 fully saturated rings. The van der Waals surface area contributed by atoms with Crippen LogP contribution in [0.15, 0.2) is 16.6 Å². The summed E-state index contributed by atoms with van der Waals surface area (Å²) in [5, 5.41) is 0.191. The van der Waals surface area contributed by atoms with Crippen LogP contribution in [0.1, 0.15) is 11.4 Å². The van der Waals surface area contributed by atoms with Gasteiger partial charge in [-0.1, -0.05) is 11.6 Å². The lowest BCUT2D eigenvalue weighted by Gasteiger charge is -2.10. The van der Waals surface area contributed by atoms with Crippen molar-refractivity contribution in [3.8, 4) is 11.3 Å². The molecule has 0 unspecified atom stereocenters. The Morgan fingerprint density at radius 3 is 2.50 bits per heavy atom. The van der Waals surface area contributed by atoms with Gasteiger partial charge in [0.05, 0.1) is 15.7 Å². The Balaban J connectivity index is 2.81. The number of aryl methyl sites for hydroxylation is 1. The second-order valence-electron chi connectivity index (χ2n) is 3.75. The predicted molar refractivity (Wildman–Crippen MR) is 69.6 cm³/mol. The van der Waals surface area contributed by atoms with E-state index in [-0.39, 0.29) is 20.9 Å². The fourth-order valence-corrected chi connectivity index (χ4v) is 2.12. The SMILES string of the molecule is Cc1nc(Cl)c(C)c(-c2c(F)ccc(Br)c2F)n1. The molecule has 0 aliphatic rings. The van der Waals surface area contributed by atoms with Gasteiger partial charge in [-0.2, -0.15) is 0 Å². The fraction of sp³-hybridized carbons (Fsp3) is 0.167. The molecule has 18 heavy (non-hydrogen) atoms. The smallest absolute Gasteiger partial charge is 0.149 e. The third-order valence-corrected chi connectivity index (χ3v) is 3.46. The van der Waals surface area contributed by atoms with Crippen LogP contribution in [-0.2, 0) is 0 Å². The number of hydrogen-bond donors (Lipinski definition) is 0. The first-order valence-electron chi connectivity index (χ1n) is 5.06. The van der Waals surface area contributed by atoms with Gasteiger partial charge < -0.3 is 0 Å². The minimum atomic E-state index is -0.702. The molecule has 1 aromatic heterocycles. The molecule has 0 radical (unpaired) electrons. The van der Waals surface area contributed by atoms with Crippen LogP contribution in [-0.4, -0.2) is 9.97 Å². The second kappa shape index (κ2) is 4.90. The monoisotopic (exact) mass is 332 g/mol. The molecule has 0 N–H and O–H groups in total. The highest BCUT2D eigenvalue weighted by Gasteiger charge is 2.19. The zero-order valence-electron chi connectivity index (χ0n) is 9.56. The summed E-state index contributed by atoms with van der Waals surface area (Å²) >= 11 is 8.93. The number of nitrogens with zero attached hydrogens (tertiary/aromatic N) is 2. The molecule has 2 nitrogen and oxygen atoms in total. The molecule has 0 amide bonds. The Bertz CT molecular complexity index is 632. The summed E-state index contributed by atoms with van der Waals surface area (Å²) in [6, 6.07) is 2.48. The maximum Gasteiger partial charge on any atom is 0.149 e.